The van der Waals surface area contributed by atoms with Crippen LogP contribution in [0.25, 0.3) is 0 Å². The lowest BCUT2D eigenvalue weighted by Crippen LogP contribution is -2.56. The minimum atomic E-state index is 0.0792. The summed E-state index contributed by atoms with van der Waals surface area (Å²) in [5, 5.41) is 14.4. The van der Waals surface area contributed by atoms with E-state index in [1.54, 1.807) is 12.7 Å². The first-order chi connectivity index (χ1) is 11.6. The van der Waals surface area contributed by atoms with E-state index in [0.29, 0.717) is 0 Å². The summed E-state index contributed by atoms with van der Waals surface area (Å²) in [4.78, 5) is 6.78. The Bertz CT molecular complexity index is 481. The van der Waals surface area contributed by atoms with Gasteiger partial charge in [0.1, 0.15) is 12.7 Å². The van der Waals surface area contributed by atoms with Gasteiger partial charge in [-0.25, -0.2) is 0 Å². The normalized spacial score (nSPS) is 17.0. The third-order valence-corrected chi connectivity index (χ3v) is 4.38. The molecule has 0 aliphatic carbocycles. The van der Waals surface area contributed by atoms with E-state index in [1.165, 1.54) is 0 Å². The first-order valence-corrected chi connectivity index (χ1v) is 8.71. The van der Waals surface area contributed by atoms with Crippen LogP contribution in [0.2, 0.25) is 0 Å². The Morgan fingerprint density at radius 1 is 1.17 bits per heavy atom. The second-order valence-corrected chi connectivity index (χ2v) is 6.67. The molecule has 1 aromatic rings. The maximum atomic E-state index is 5.44. The summed E-state index contributed by atoms with van der Waals surface area (Å²) in [6, 6.07) is 0. The molecule has 24 heavy (non-hydrogen) atoms. The summed E-state index contributed by atoms with van der Waals surface area (Å²) in [6.45, 7) is 10.9. The third-order valence-electron chi connectivity index (χ3n) is 4.38. The van der Waals surface area contributed by atoms with Gasteiger partial charge in [-0.1, -0.05) is 0 Å². The lowest BCUT2D eigenvalue weighted by molar-refractivity contribution is -0.00833. The van der Waals surface area contributed by atoms with Crippen LogP contribution in [-0.4, -0.2) is 77.6 Å². The van der Waals surface area contributed by atoms with Crippen molar-refractivity contribution >= 4 is 5.96 Å². The second kappa shape index (κ2) is 9.58. The molecule has 136 valence electrons. The van der Waals surface area contributed by atoms with E-state index in [0.717, 1.165) is 64.7 Å². The highest BCUT2D eigenvalue weighted by Gasteiger charge is 2.28. The summed E-state index contributed by atoms with van der Waals surface area (Å²) in [5.74, 6) is 0.862. The highest BCUT2D eigenvalue weighted by atomic mass is 16.5. The first-order valence-electron chi connectivity index (χ1n) is 8.71. The van der Waals surface area contributed by atoms with Gasteiger partial charge in [0.2, 0.25) is 0 Å². The van der Waals surface area contributed by atoms with Crippen LogP contribution in [0.3, 0.4) is 0 Å². The van der Waals surface area contributed by atoms with Gasteiger partial charge in [-0.3, -0.25) is 9.89 Å². The van der Waals surface area contributed by atoms with E-state index in [1.807, 2.05) is 11.6 Å². The molecule has 0 amide bonds. The van der Waals surface area contributed by atoms with E-state index in [4.69, 9.17) is 4.74 Å². The monoisotopic (exact) mass is 337 g/mol. The highest BCUT2D eigenvalue weighted by molar-refractivity contribution is 5.79. The van der Waals surface area contributed by atoms with Crippen LogP contribution in [-0.2, 0) is 11.3 Å². The lowest BCUT2D eigenvalue weighted by Gasteiger charge is -2.41. The zero-order chi connectivity index (χ0) is 17.3. The number of hydrogen-bond acceptors (Lipinski definition) is 5. The molecule has 1 fully saturated rings. The number of guanidine groups is 1. The maximum absolute atomic E-state index is 5.44. The molecule has 1 saturated heterocycles. The molecule has 2 N–H and O–H groups in total. The molecule has 8 nitrogen and oxygen atoms in total. The number of nitrogens with zero attached hydrogens (tertiary/aromatic N) is 5. The number of aromatic nitrogens is 3. The van der Waals surface area contributed by atoms with Gasteiger partial charge in [-0.15, -0.1) is 10.2 Å². The van der Waals surface area contributed by atoms with Crippen molar-refractivity contribution in [2.75, 3.05) is 46.4 Å². The molecule has 0 radical (unpaired) electrons. The van der Waals surface area contributed by atoms with Crippen LogP contribution in [0.1, 0.15) is 26.7 Å². The van der Waals surface area contributed by atoms with Crippen molar-refractivity contribution in [1.82, 2.24) is 30.3 Å². The van der Waals surface area contributed by atoms with Crippen LogP contribution < -0.4 is 10.6 Å². The minimum Gasteiger partial charge on any atom is -0.379 e. The Kier molecular flexibility index (Phi) is 7.45. The molecular formula is C16H31N7O. The molecule has 2 rings (SSSR count). The van der Waals surface area contributed by atoms with Crippen molar-refractivity contribution in [3.8, 4) is 0 Å². The van der Waals surface area contributed by atoms with E-state index >= 15 is 0 Å². The second-order valence-electron chi connectivity index (χ2n) is 6.67. The average Bonchev–Trinajstić information content (AvgIpc) is 3.11. The number of morpholine rings is 1. The molecule has 0 aromatic carbocycles. The molecule has 0 bridgehead atoms. The fourth-order valence-electron chi connectivity index (χ4n) is 2.76. The van der Waals surface area contributed by atoms with Gasteiger partial charge in [0.15, 0.2) is 5.96 Å². The molecule has 1 aromatic heterocycles. The Morgan fingerprint density at radius 2 is 1.88 bits per heavy atom. The van der Waals surface area contributed by atoms with Crippen molar-refractivity contribution in [2.24, 2.45) is 4.99 Å². The van der Waals surface area contributed by atoms with E-state index in [-0.39, 0.29) is 5.54 Å². The average molecular weight is 337 g/mol. The smallest absolute Gasteiger partial charge is 0.191 e. The Hall–Kier alpha value is -1.67. The first kappa shape index (κ1) is 18.7. The summed E-state index contributed by atoms with van der Waals surface area (Å²) < 4.78 is 7.43. The van der Waals surface area contributed by atoms with Crippen molar-refractivity contribution in [2.45, 2.75) is 38.8 Å². The van der Waals surface area contributed by atoms with Crippen LogP contribution in [0.5, 0.6) is 0 Å². The number of aryl methyl sites for hydroxylation is 1. The predicted octanol–water partition coefficient (Wildman–Crippen LogP) is 0.334. The Morgan fingerprint density at radius 3 is 2.54 bits per heavy atom. The molecule has 0 atom stereocenters. The van der Waals surface area contributed by atoms with Crippen LogP contribution in [0.15, 0.2) is 17.6 Å². The fourth-order valence-corrected chi connectivity index (χ4v) is 2.76. The van der Waals surface area contributed by atoms with Crippen molar-refractivity contribution in [3.05, 3.63) is 12.7 Å². The number of unbranched alkanes of at least 4 members (excludes halogenated alkanes) is 1. The molecule has 0 unspecified atom stereocenters. The topological polar surface area (TPSA) is 79.6 Å². The maximum Gasteiger partial charge on any atom is 0.191 e. The summed E-state index contributed by atoms with van der Waals surface area (Å²) in [6.07, 6.45) is 5.66. The number of ether oxygens (including phenoxy) is 1. The molecule has 1 aliphatic rings. The van der Waals surface area contributed by atoms with E-state index < -0.39 is 0 Å². The number of rotatable bonds is 8. The van der Waals surface area contributed by atoms with Gasteiger partial charge in [-0.2, -0.15) is 0 Å². The molecule has 0 spiro atoms. The number of aliphatic imine (C=N–C) groups is 1. The standard InChI is InChI=1S/C16H31N7O/c1-16(2,23-8-10-24-11-9-23)12-19-15(17-3)18-6-4-5-7-22-13-20-21-14-22/h13-14H,4-12H2,1-3H3,(H2,17,18,19). The van der Waals surface area contributed by atoms with Crippen molar-refractivity contribution < 1.29 is 4.74 Å². The SMILES string of the molecule is CN=C(NCCCCn1cnnc1)NCC(C)(C)N1CCOCC1. The Balaban J connectivity index is 1.62. The summed E-state index contributed by atoms with van der Waals surface area (Å²) >= 11 is 0. The molecular weight excluding hydrogens is 306 g/mol. The number of nitrogens with one attached hydrogen (secondary N) is 2. The zero-order valence-corrected chi connectivity index (χ0v) is 15.2. The van der Waals surface area contributed by atoms with Gasteiger partial charge in [0, 0.05) is 45.3 Å². The van der Waals surface area contributed by atoms with Gasteiger partial charge in [0.05, 0.1) is 13.2 Å². The predicted molar refractivity (Wildman–Crippen MR) is 95.1 cm³/mol. The van der Waals surface area contributed by atoms with Gasteiger partial charge in [0.25, 0.3) is 0 Å². The van der Waals surface area contributed by atoms with Crippen LogP contribution in [0, 0.1) is 0 Å². The Labute approximate surface area is 144 Å². The fraction of sp³-hybridized carbons (Fsp3) is 0.812. The molecule has 8 heteroatoms. The lowest BCUT2D eigenvalue weighted by atomic mass is 10.0. The third kappa shape index (κ3) is 6.09. The van der Waals surface area contributed by atoms with Crippen LogP contribution >= 0.6 is 0 Å². The van der Waals surface area contributed by atoms with Gasteiger partial charge >= 0.3 is 0 Å². The van der Waals surface area contributed by atoms with E-state index in [9.17, 15) is 0 Å². The zero-order valence-electron chi connectivity index (χ0n) is 15.2. The number of hydrogen-bond donors (Lipinski definition) is 2. The van der Waals surface area contributed by atoms with E-state index in [2.05, 4.69) is 44.6 Å². The molecule has 1 aliphatic heterocycles. The minimum absolute atomic E-state index is 0.0792. The highest BCUT2D eigenvalue weighted by Crippen LogP contribution is 2.14. The summed E-state index contributed by atoms with van der Waals surface area (Å²) in [5.41, 5.74) is 0.0792. The van der Waals surface area contributed by atoms with Crippen molar-refractivity contribution in [1.29, 1.82) is 0 Å². The molecule has 0 saturated carbocycles. The van der Waals surface area contributed by atoms with Gasteiger partial charge in [-0.05, 0) is 26.7 Å². The quantitative estimate of drug-likeness (QED) is 0.404. The molecule has 2 heterocycles. The largest absolute Gasteiger partial charge is 0.379 e. The van der Waals surface area contributed by atoms with Crippen molar-refractivity contribution in [3.63, 3.8) is 0 Å². The summed E-state index contributed by atoms with van der Waals surface area (Å²) in [7, 11) is 1.81. The van der Waals surface area contributed by atoms with Gasteiger partial charge < -0.3 is 19.9 Å². The van der Waals surface area contributed by atoms with Crippen LogP contribution in [0.4, 0.5) is 0 Å².